The Labute approximate surface area is 98.7 Å². The molecule has 0 aromatic heterocycles. The first-order chi connectivity index (χ1) is 8.12. The lowest BCUT2D eigenvalue weighted by Crippen LogP contribution is -2.23. The number of hydrogen-bond donors (Lipinski definition) is 4. The van der Waals surface area contributed by atoms with Crippen LogP contribution < -0.4 is 0 Å². The molecule has 0 aliphatic heterocycles. The molecule has 5 nitrogen and oxygen atoms in total. The number of carbonyl (C=O) groups is 1. The second-order valence-electron chi connectivity index (χ2n) is 3.59. The van der Waals surface area contributed by atoms with Crippen molar-refractivity contribution < 1.29 is 38.4 Å². The van der Waals surface area contributed by atoms with Crippen molar-refractivity contribution in [2.75, 3.05) is 0 Å². The van der Waals surface area contributed by atoms with E-state index in [0.717, 1.165) is 0 Å². The highest BCUT2D eigenvalue weighted by Gasteiger charge is 2.44. The number of halogens is 3. The minimum absolute atomic E-state index is 0.593. The van der Waals surface area contributed by atoms with Gasteiger partial charge in [0.25, 0.3) is 0 Å². The van der Waals surface area contributed by atoms with E-state index < -0.39 is 47.3 Å². The third-order valence-corrected chi connectivity index (χ3v) is 2.24. The summed E-state index contributed by atoms with van der Waals surface area (Å²) in [5.74, 6) is -6.96. The number of phenols is 3. The zero-order valence-electron chi connectivity index (χ0n) is 8.77. The maximum atomic E-state index is 12.7. The molecule has 0 spiro atoms. The van der Waals surface area contributed by atoms with E-state index in [1.807, 2.05) is 0 Å². The lowest BCUT2D eigenvalue weighted by molar-refractivity contribution is -0.163. The van der Waals surface area contributed by atoms with Crippen molar-refractivity contribution in [2.45, 2.75) is 18.5 Å². The van der Waals surface area contributed by atoms with Crippen molar-refractivity contribution >= 4 is 5.97 Å². The van der Waals surface area contributed by atoms with Gasteiger partial charge in [0.2, 0.25) is 0 Å². The van der Waals surface area contributed by atoms with Gasteiger partial charge in [-0.25, -0.2) is 0 Å². The summed E-state index contributed by atoms with van der Waals surface area (Å²) < 4.78 is 38.0. The number of alkyl halides is 3. The lowest BCUT2D eigenvalue weighted by Gasteiger charge is -2.21. The number of carboxylic acid groups (broad SMARTS) is 1. The molecule has 1 unspecified atom stereocenters. The first-order valence-corrected chi connectivity index (χ1v) is 4.66. The van der Waals surface area contributed by atoms with Crippen LogP contribution in [0.5, 0.6) is 17.2 Å². The third kappa shape index (κ3) is 2.96. The molecular formula is C10H9F3O5. The highest BCUT2D eigenvalue weighted by Crippen LogP contribution is 2.46. The number of benzene rings is 1. The highest BCUT2D eigenvalue weighted by atomic mass is 19.4. The number of phenolic OH excluding ortho intramolecular Hbond substituents is 3. The van der Waals surface area contributed by atoms with Gasteiger partial charge in [-0.1, -0.05) is 0 Å². The summed E-state index contributed by atoms with van der Waals surface area (Å²) in [5.41, 5.74) is -0.970. The summed E-state index contributed by atoms with van der Waals surface area (Å²) in [6.07, 6.45) is -6.29. The molecule has 1 atom stereocenters. The van der Waals surface area contributed by atoms with E-state index in [1.165, 1.54) is 0 Å². The molecule has 1 aromatic rings. The molecule has 8 heteroatoms. The van der Waals surface area contributed by atoms with Gasteiger partial charge in [-0.2, -0.15) is 13.2 Å². The molecule has 0 heterocycles. The molecule has 0 saturated heterocycles. The average molecular weight is 266 g/mol. The quantitative estimate of drug-likeness (QED) is 0.670. The van der Waals surface area contributed by atoms with Crippen LogP contribution >= 0.6 is 0 Å². The van der Waals surface area contributed by atoms with Gasteiger partial charge in [0.15, 0.2) is 0 Å². The van der Waals surface area contributed by atoms with Crippen LogP contribution in [0.25, 0.3) is 0 Å². The molecule has 18 heavy (non-hydrogen) atoms. The second-order valence-corrected chi connectivity index (χ2v) is 3.59. The number of aromatic hydroxyl groups is 3. The number of hydrogen-bond acceptors (Lipinski definition) is 4. The summed E-state index contributed by atoms with van der Waals surface area (Å²) in [5, 5.41) is 36.0. The van der Waals surface area contributed by atoms with Gasteiger partial charge in [-0.05, 0) is 0 Å². The molecule has 4 N–H and O–H groups in total. The smallest absolute Gasteiger partial charge is 0.396 e. The van der Waals surface area contributed by atoms with Crippen molar-refractivity contribution in [3.63, 3.8) is 0 Å². The maximum Gasteiger partial charge on any atom is 0.396 e. The first-order valence-electron chi connectivity index (χ1n) is 4.66. The van der Waals surface area contributed by atoms with Crippen LogP contribution in [0, 0.1) is 0 Å². The molecule has 0 aliphatic rings. The van der Waals surface area contributed by atoms with E-state index in [9.17, 15) is 28.2 Å². The van der Waals surface area contributed by atoms with Gasteiger partial charge in [-0.15, -0.1) is 0 Å². The Morgan fingerprint density at radius 2 is 1.61 bits per heavy atom. The average Bonchev–Trinajstić information content (AvgIpc) is 2.12. The van der Waals surface area contributed by atoms with Crippen LogP contribution in [0.2, 0.25) is 0 Å². The van der Waals surface area contributed by atoms with Gasteiger partial charge in [0.05, 0.1) is 12.3 Å². The van der Waals surface area contributed by atoms with E-state index >= 15 is 0 Å². The van der Waals surface area contributed by atoms with Crippen molar-refractivity contribution in [2.24, 2.45) is 0 Å². The molecule has 0 bridgehead atoms. The van der Waals surface area contributed by atoms with Gasteiger partial charge in [-0.3, -0.25) is 4.79 Å². The summed E-state index contributed by atoms with van der Waals surface area (Å²) in [6.45, 7) is 0. The third-order valence-electron chi connectivity index (χ3n) is 2.24. The minimum atomic E-state index is -4.95. The number of rotatable bonds is 3. The van der Waals surface area contributed by atoms with Gasteiger partial charge >= 0.3 is 12.1 Å². The molecule has 1 aromatic carbocycles. The Kier molecular flexibility index (Phi) is 3.59. The Morgan fingerprint density at radius 3 is 1.94 bits per heavy atom. The van der Waals surface area contributed by atoms with Crippen LogP contribution in [0.4, 0.5) is 13.2 Å². The lowest BCUT2D eigenvalue weighted by atomic mass is 9.93. The molecule has 0 aliphatic carbocycles. The first kappa shape index (κ1) is 13.9. The maximum absolute atomic E-state index is 12.7. The normalized spacial score (nSPS) is 13.3. The predicted octanol–water partition coefficient (Wildman–Crippen LogP) is 1.92. The molecular weight excluding hydrogens is 257 g/mol. The van der Waals surface area contributed by atoms with Crippen LogP contribution in [0.1, 0.15) is 17.9 Å². The Balaban J connectivity index is 3.34. The standard InChI is InChI=1S/C10H9F3O5/c11-10(12,13)5(3-8(17)18)9-6(15)1-4(14)2-7(9)16/h1-2,5,14-16H,3H2,(H,17,18). The fourth-order valence-electron chi connectivity index (χ4n) is 1.52. The summed E-state index contributed by atoms with van der Waals surface area (Å²) in [6, 6.07) is 1.19. The molecule has 0 radical (unpaired) electrons. The highest BCUT2D eigenvalue weighted by molar-refractivity contribution is 5.69. The zero-order valence-corrected chi connectivity index (χ0v) is 8.77. The number of carboxylic acids is 1. The summed E-state index contributed by atoms with van der Waals surface area (Å²) in [7, 11) is 0. The molecule has 0 amide bonds. The van der Waals surface area contributed by atoms with E-state index in [1.54, 1.807) is 0 Å². The van der Waals surface area contributed by atoms with Gasteiger partial charge in [0, 0.05) is 17.7 Å². The molecule has 0 fully saturated rings. The van der Waals surface area contributed by atoms with Crippen LogP contribution in [0.15, 0.2) is 12.1 Å². The van der Waals surface area contributed by atoms with E-state index in [0.29, 0.717) is 12.1 Å². The molecule has 0 saturated carbocycles. The Hall–Kier alpha value is -2.12. The number of aliphatic carboxylic acids is 1. The van der Waals surface area contributed by atoms with Gasteiger partial charge in [0.1, 0.15) is 17.2 Å². The summed E-state index contributed by atoms with van der Waals surface area (Å²) >= 11 is 0. The zero-order chi connectivity index (χ0) is 14.1. The predicted molar refractivity (Wildman–Crippen MR) is 52.5 cm³/mol. The van der Waals surface area contributed by atoms with E-state index in [-0.39, 0.29) is 0 Å². The van der Waals surface area contributed by atoms with Crippen molar-refractivity contribution in [1.82, 2.24) is 0 Å². The largest absolute Gasteiger partial charge is 0.508 e. The van der Waals surface area contributed by atoms with Crippen molar-refractivity contribution in [1.29, 1.82) is 0 Å². The topological polar surface area (TPSA) is 98.0 Å². The van der Waals surface area contributed by atoms with Crippen molar-refractivity contribution in [3.8, 4) is 17.2 Å². The SMILES string of the molecule is O=C(O)CC(c1c(O)cc(O)cc1O)C(F)(F)F. The fraction of sp³-hybridized carbons (Fsp3) is 0.300. The molecule has 100 valence electrons. The fourth-order valence-corrected chi connectivity index (χ4v) is 1.52. The van der Waals surface area contributed by atoms with E-state index in [2.05, 4.69) is 0 Å². The Bertz CT molecular complexity index is 446. The van der Waals surface area contributed by atoms with Crippen molar-refractivity contribution in [3.05, 3.63) is 17.7 Å². The minimum Gasteiger partial charge on any atom is -0.508 e. The monoisotopic (exact) mass is 266 g/mol. The molecule has 1 rings (SSSR count). The Morgan fingerprint density at radius 1 is 1.17 bits per heavy atom. The second kappa shape index (κ2) is 4.63. The van der Waals surface area contributed by atoms with Crippen LogP contribution in [-0.4, -0.2) is 32.6 Å². The summed E-state index contributed by atoms with van der Waals surface area (Å²) in [4.78, 5) is 10.4. The van der Waals surface area contributed by atoms with Crippen LogP contribution in [0.3, 0.4) is 0 Å². The van der Waals surface area contributed by atoms with E-state index in [4.69, 9.17) is 10.2 Å². The van der Waals surface area contributed by atoms with Crippen LogP contribution in [-0.2, 0) is 4.79 Å². The van der Waals surface area contributed by atoms with Gasteiger partial charge < -0.3 is 20.4 Å².